The summed E-state index contributed by atoms with van der Waals surface area (Å²) < 4.78 is 7.40. The molecule has 0 spiro atoms. The summed E-state index contributed by atoms with van der Waals surface area (Å²) in [6, 6.07) is 0.0210. The van der Waals surface area contributed by atoms with Crippen LogP contribution in [-0.2, 0) is 4.74 Å². The largest absolute Gasteiger partial charge is 0.444 e. The Labute approximate surface area is 210 Å². The van der Waals surface area contributed by atoms with Crippen molar-refractivity contribution in [3.05, 3.63) is 22.4 Å². The van der Waals surface area contributed by atoms with Crippen LogP contribution in [0, 0.1) is 0 Å². The molecule has 2 saturated heterocycles. The third-order valence-corrected chi connectivity index (χ3v) is 7.36. The van der Waals surface area contributed by atoms with Gasteiger partial charge in [-0.3, -0.25) is 4.79 Å². The number of carbonyl (C=O) groups excluding carboxylic acids is 2. The van der Waals surface area contributed by atoms with Gasteiger partial charge in [-0.2, -0.15) is 5.10 Å². The Kier molecular flexibility index (Phi) is 6.65. The normalized spacial score (nSPS) is 21.9. The highest BCUT2D eigenvalue weighted by Gasteiger charge is 2.36. The maximum atomic E-state index is 12.8. The topological polar surface area (TPSA) is 125 Å². The third-order valence-electron chi connectivity index (χ3n) is 7.36. The summed E-state index contributed by atoms with van der Waals surface area (Å²) in [6.07, 6.45) is 8.61. The second-order valence-electron chi connectivity index (χ2n) is 11.4. The van der Waals surface area contributed by atoms with E-state index in [9.17, 15) is 14.4 Å². The summed E-state index contributed by atoms with van der Waals surface area (Å²) >= 11 is 0. The molecule has 1 unspecified atom stereocenters. The van der Waals surface area contributed by atoms with Gasteiger partial charge in [-0.1, -0.05) is 19.3 Å². The first-order valence-corrected chi connectivity index (χ1v) is 13.2. The predicted molar refractivity (Wildman–Crippen MR) is 134 cm³/mol. The Balaban J connectivity index is 1.19. The van der Waals surface area contributed by atoms with Crippen LogP contribution < -0.4 is 10.9 Å². The van der Waals surface area contributed by atoms with Crippen LogP contribution in [0.1, 0.15) is 83.5 Å². The maximum absolute atomic E-state index is 12.8. The van der Waals surface area contributed by atoms with Crippen LogP contribution in [0.2, 0.25) is 0 Å². The van der Waals surface area contributed by atoms with E-state index >= 15 is 0 Å². The molecule has 196 valence electrons. The summed E-state index contributed by atoms with van der Waals surface area (Å²) in [4.78, 5) is 49.1. The fourth-order valence-electron chi connectivity index (χ4n) is 5.41. The van der Waals surface area contributed by atoms with Crippen molar-refractivity contribution in [2.45, 2.75) is 89.3 Å². The van der Waals surface area contributed by atoms with E-state index in [2.05, 4.69) is 15.4 Å². The van der Waals surface area contributed by atoms with E-state index in [0.717, 1.165) is 25.7 Å². The number of aromatic amines is 1. The molecule has 2 N–H and O–H groups in total. The molecule has 4 heterocycles. The Morgan fingerprint density at radius 3 is 2.53 bits per heavy atom. The number of rotatable bonds is 3. The lowest BCUT2D eigenvalue weighted by Crippen LogP contribution is -2.58. The van der Waals surface area contributed by atoms with Crippen LogP contribution in [0.3, 0.4) is 0 Å². The van der Waals surface area contributed by atoms with Gasteiger partial charge in [-0.05, 0) is 46.5 Å². The van der Waals surface area contributed by atoms with Crippen LogP contribution in [0.25, 0.3) is 11.0 Å². The fourth-order valence-corrected chi connectivity index (χ4v) is 5.41. The molecule has 1 aliphatic carbocycles. The van der Waals surface area contributed by atoms with E-state index in [1.54, 1.807) is 16.0 Å². The van der Waals surface area contributed by atoms with Crippen LogP contribution in [-0.4, -0.2) is 79.5 Å². The molecule has 36 heavy (non-hydrogen) atoms. The van der Waals surface area contributed by atoms with Gasteiger partial charge in [0.05, 0.1) is 18.2 Å². The van der Waals surface area contributed by atoms with Gasteiger partial charge >= 0.3 is 12.1 Å². The Morgan fingerprint density at radius 1 is 1.06 bits per heavy atom. The number of likely N-dealkylation sites (tertiary alicyclic amines) is 2. The number of H-pyrrole nitrogens is 1. The second kappa shape index (κ2) is 9.74. The standard InChI is InChI=1S/C25H37N7O4/c1-25(2,3)36-24(35)30-11-7-8-17(15-30)27-23(34)31-13-16(14-31)20-28-21-19(22(33)29-20)12-26-32(21)18-9-5-4-6-10-18/h12,16-18H,4-11,13-15H2,1-3H3,(H,27,34)(H,28,29,33). The molecule has 2 aromatic rings. The number of fused-ring (bicyclic) bond motifs is 1. The molecule has 5 rings (SSSR count). The Morgan fingerprint density at radius 2 is 1.81 bits per heavy atom. The van der Waals surface area contributed by atoms with Crippen LogP contribution in [0.4, 0.5) is 9.59 Å². The number of ether oxygens (including phenoxy) is 1. The lowest BCUT2D eigenvalue weighted by atomic mass is 9.96. The first-order valence-electron chi connectivity index (χ1n) is 13.2. The van der Waals surface area contributed by atoms with Gasteiger partial charge < -0.3 is 24.8 Å². The van der Waals surface area contributed by atoms with E-state index in [4.69, 9.17) is 9.72 Å². The summed E-state index contributed by atoms with van der Waals surface area (Å²) in [7, 11) is 0. The lowest BCUT2D eigenvalue weighted by Gasteiger charge is -2.40. The second-order valence-corrected chi connectivity index (χ2v) is 11.4. The number of piperidine rings is 1. The van der Waals surface area contributed by atoms with Gasteiger partial charge in [0.25, 0.3) is 5.56 Å². The van der Waals surface area contributed by atoms with E-state index in [1.165, 1.54) is 19.3 Å². The molecule has 1 saturated carbocycles. The van der Waals surface area contributed by atoms with E-state index < -0.39 is 5.60 Å². The zero-order chi connectivity index (χ0) is 25.4. The van der Waals surface area contributed by atoms with E-state index in [1.807, 2.05) is 25.5 Å². The van der Waals surface area contributed by atoms with Crippen molar-refractivity contribution >= 4 is 23.2 Å². The minimum absolute atomic E-state index is 0.0211. The monoisotopic (exact) mass is 499 g/mol. The molecule has 3 aliphatic rings. The van der Waals surface area contributed by atoms with Crippen molar-refractivity contribution in [3.8, 4) is 0 Å². The van der Waals surface area contributed by atoms with Gasteiger partial charge in [0.2, 0.25) is 0 Å². The van der Waals surface area contributed by atoms with Gasteiger partial charge in [0.1, 0.15) is 16.8 Å². The smallest absolute Gasteiger partial charge is 0.410 e. The van der Waals surface area contributed by atoms with Crippen LogP contribution >= 0.6 is 0 Å². The average molecular weight is 500 g/mol. The van der Waals surface area contributed by atoms with Crippen molar-refractivity contribution in [1.82, 2.24) is 34.9 Å². The molecule has 0 aromatic carbocycles. The molecule has 0 radical (unpaired) electrons. The first-order chi connectivity index (χ1) is 17.2. The molecule has 1 atom stereocenters. The van der Waals surface area contributed by atoms with Gasteiger partial charge in [-0.25, -0.2) is 19.3 Å². The molecule has 3 amide bonds. The number of hydrogen-bond acceptors (Lipinski definition) is 6. The zero-order valence-corrected chi connectivity index (χ0v) is 21.5. The highest BCUT2D eigenvalue weighted by atomic mass is 16.6. The van der Waals surface area contributed by atoms with Crippen molar-refractivity contribution < 1.29 is 14.3 Å². The first kappa shape index (κ1) is 24.6. The molecular weight excluding hydrogens is 462 g/mol. The summed E-state index contributed by atoms with van der Waals surface area (Å²) in [6.45, 7) is 7.58. The van der Waals surface area contributed by atoms with Gasteiger partial charge in [-0.15, -0.1) is 0 Å². The number of nitrogens with zero attached hydrogens (tertiary/aromatic N) is 5. The SMILES string of the molecule is CC(C)(C)OC(=O)N1CCCC(NC(=O)N2CC(c3nc4c(cnn4C4CCCCC4)c(=O)[nH]3)C2)C1. The van der Waals surface area contributed by atoms with Crippen molar-refractivity contribution in [1.29, 1.82) is 0 Å². The minimum atomic E-state index is -0.550. The molecule has 3 fully saturated rings. The lowest BCUT2D eigenvalue weighted by molar-refractivity contribution is 0.0187. The molecule has 11 nitrogen and oxygen atoms in total. The number of urea groups is 1. The van der Waals surface area contributed by atoms with Crippen molar-refractivity contribution in [2.24, 2.45) is 0 Å². The van der Waals surface area contributed by atoms with Crippen LogP contribution in [0.15, 0.2) is 11.0 Å². The molecule has 11 heteroatoms. The quantitative estimate of drug-likeness (QED) is 0.668. The number of carbonyl (C=O) groups is 2. The minimum Gasteiger partial charge on any atom is -0.444 e. The number of hydrogen-bond donors (Lipinski definition) is 2. The average Bonchev–Trinajstić information content (AvgIpc) is 3.22. The molecular formula is C25H37N7O4. The predicted octanol–water partition coefficient (Wildman–Crippen LogP) is 3.13. The van der Waals surface area contributed by atoms with Gasteiger partial charge in [0.15, 0.2) is 5.65 Å². The molecule has 2 aromatic heterocycles. The highest BCUT2D eigenvalue weighted by Crippen LogP contribution is 2.30. The van der Waals surface area contributed by atoms with E-state index in [-0.39, 0.29) is 35.7 Å². The Hall–Kier alpha value is -3.11. The molecule has 2 aliphatic heterocycles. The maximum Gasteiger partial charge on any atom is 0.410 e. The summed E-state index contributed by atoms with van der Waals surface area (Å²) in [5.74, 6) is 0.593. The van der Waals surface area contributed by atoms with Gasteiger partial charge in [0, 0.05) is 32.2 Å². The zero-order valence-electron chi connectivity index (χ0n) is 21.5. The van der Waals surface area contributed by atoms with Crippen molar-refractivity contribution in [2.75, 3.05) is 26.2 Å². The number of aromatic nitrogens is 4. The van der Waals surface area contributed by atoms with E-state index in [0.29, 0.717) is 43.0 Å². The Bertz CT molecular complexity index is 1170. The van der Waals surface area contributed by atoms with Crippen molar-refractivity contribution in [3.63, 3.8) is 0 Å². The third kappa shape index (κ3) is 5.19. The summed E-state index contributed by atoms with van der Waals surface area (Å²) in [5, 5.41) is 8.07. The molecule has 0 bridgehead atoms. The number of nitrogens with one attached hydrogen (secondary N) is 2. The highest BCUT2D eigenvalue weighted by molar-refractivity contribution is 5.76. The summed E-state index contributed by atoms with van der Waals surface area (Å²) in [5.41, 5.74) is -0.0798. The fraction of sp³-hybridized carbons (Fsp3) is 0.720. The number of amides is 3. The van der Waals surface area contributed by atoms with Crippen LogP contribution in [0.5, 0.6) is 0 Å².